The number of nitrogens with zero attached hydrogens (tertiary/aromatic N) is 1. The fraction of sp³-hybridized carbons (Fsp3) is 0.381. The molecule has 1 amide bonds. The maximum atomic E-state index is 12.9. The van der Waals surface area contributed by atoms with Gasteiger partial charge in [-0.05, 0) is 61.6 Å². The van der Waals surface area contributed by atoms with Gasteiger partial charge in [0.2, 0.25) is 10.0 Å². The Balaban J connectivity index is 1.79. The van der Waals surface area contributed by atoms with Crippen LogP contribution in [0.25, 0.3) is 0 Å². The Hall–Kier alpha value is -2.18. The standard InChI is InChI=1S/C21H26N2O3S/c1-15(2)17-9-11-19(12-10-17)22-21(24)18-7-4-8-20(14-18)27(25,26)23-13-5-6-16(23)3/h4,7-12,14-16H,5-6,13H2,1-3H3,(H,22,24)/t16-/m0/s1. The number of hydrogen-bond acceptors (Lipinski definition) is 3. The Labute approximate surface area is 161 Å². The number of nitrogens with one attached hydrogen (secondary N) is 1. The van der Waals surface area contributed by atoms with E-state index in [0.29, 0.717) is 23.7 Å². The van der Waals surface area contributed by atoms with Crippen LogP contribution in [-0.4, -0.2) is 31.2 Å². The number of hydrogen-bond donors (Lipinski definition) is 1. The first kappa shape index (κ1) is 19.6. The van der Waals surface area contributed by atoms with E-state index in [9.17, 15) is 13.2 Å². The minimum absolute atomic E-state index is 0.00745. The van der Waals surface area contributed by atoms with Gasteiger partial charge in [-0.25, -0.2) is 8.42 Å². The highest BCUT2D eigenvalue weighted by Crippen LogP contribution is 2.26. The van der Waals surface area contributed by atoms with E-state index < -0.39 is 10.0 Å². The molecule has 1 atom stereocenters. The van der Waals surface area contributed by atoms with Crippen molar-refractivity contribution < 1.29 is 13.2 Å². The Kier molecular flexibility index (Phi) is 5.67. The Morgan fingerprint density at radius 1 is 1.15 bits per heavy atom. The van der Waals surface area contributed by atoms with Crippen LogP contribution in [0, 0.1) is 0 Å². The second-order valence-corrected chi connectivity index (χ2v) is 9.26. The third-order valence-electron chi connectivity index (χ3n) is 5.03. The number of anilines is 1. The van der Waals surface area contributed by atoms with Crippen molar-refractivity contribution in [2.45, 2.75) is 50.5 Å². The number of benzene rings is 2. The van der Waals surface area contributed by atoms with Crippen LogP contribution >= 0.6 is 0 Å². The van der Waals surface area contributed by atoms with Crippen LogP contribution in [0.2, 0.25) is 0 Å². The van der Waals surface area contributed by atoms with Gasteiger partial charge in [-0.1, -0.05) is 32.0 Å². The number of sulfonamides is 1. The van der Waals surface area contributed by atoms with E-state index in [2.05, 4.69) is 19.2 Å². The molecule has 2 aromatic carbocycles. The molecule has 0 saturated carbocycles. The van der Waals surface area contributed by atoms with Crippen molar-refractivity contribution in [2.75, 3.05) is 11.9 Å². The lowest BCUT2D eigenvalue weighted by molar-refractivity contribution is 0.102. The molecule has 0 spiro atoms. The van der Waals surface area contributed by atoms with Crippen molar-refractivity contribution in [3.05, 3.63) is 59.7 Å². The fourth-order valence-electron chi connectivity index (χ4n) is 3.35. The third-order valence-corrected chi connectivity index (χ3v) is 7.04. The smallest absolute Gasteiger partial charge is 0.255 e. The quantitative estimate of drug-likeness (QED) is 0.836. The van der Waals surface area contributed by atoms with E-state index in [0.717, 1.165) is 12.8 Å². The number of rotatable bonds is 5. The second-order valence-electron chi connectivity index (χ2n) is 7.37. The largest absolute Gasteiger partial charge is 0.322 e. The van der Waals surface area contributed by atoms with Gasteiger partial charge in [0.1, 0.15) is 0 Å². The first-order valence-electron chi connectivity index (χ1n) is 9.32. The van der Waals surface area contributed by atoms with Crippen molar-refractivity contribution in [1.82, 2.24) is 4.31 Å². The van der Waals surface area contributed by atoms with Gasteiger partial charge in [0.05, 0.1) is 4.90 Å². The van der Waals surface area contributed by atoms with Crippen molar-refractivity contribution in [3.63, 3.8) is 0 Å². The topological polar surface area (TPSA) is 66.5 Å². The second kappa shape index (κ2) is 7.82. The van der Waals surface area contributed by atoms with E-state index >= 15 is 0 Å². The first-order chi connectivity index (χ1) is 12.8. The minimum atomic E-state index is -3.58. The highest BCUT2D eigenvalue weighted by atomic mass is 32.2. The summed E-state index contributed by atoms with van der Waals surface area (Å²) in [5.41, 5.74) is 2.21. The van der Waals surface area contributed by atoms with Gasteiger partial charge in [0.15, 0.2) is 0 Å². The molecular formula is C21H26N2O3S. The molecule has 1 saturated heterocycles. The van der Waals surface area contributed by atoms with E-state index in [-0.39, 0.29) is 16.8 Å². The lowest BCUT2D eigenvalue weighted by atomic mass is 10.0. The Morgan fingerprint density at radius 3 is 2.44 bits per heavy atom. The molecule has 3 rings (SSSR count). The van der Waals surface area contributed by atoms with Crippen molar-refractivity contribution in [3.8, 4) is 0 Å². The van der Waals surface area contributed by atoms with Crippen LogP contribution in [-0.2, 0) is 10.0 Å². The summed E-state index contributed by atoms with van der Waals surface area (Å²) in [6.07, 6.45) is 1.73. The Morgan fingerprint density at radius 2 is 1.85 bits per heavy atom. The predicted molar refractivity (Wildman–Crippen MR) is 108 cm³/mol. The highest BCUT2D eigenvalue weighted by Gasteiger charge is 2.32. The molecule has 0 unspecified atom stereocenters. The molecule has 5 nitrogen and oxygen atoms in total. The zero-order valence-electron chi connectivity index (χ0n) is 16.0. The molecule has 0 bridgehead atoms. The van der Waals surface area contributed by atoms with E-state index in [1.807, 2.05) is 31.2 Å². The molecule has 0 aromatic heterocycles. The molecule has 2 aromatic rings. The van der Waals surface area contributed by atoms with Crippen molar-refractivity contribution in [2.24, 2.45) is 0 Å². The van der Waals surface area contributed by atoms with Crippen molar-refractivity contribution >= 4 is 21.6 Å². The number of carbonyl (C=O) groups is 1. The SMILES string of the molecule is CC(C)c1ccc(NC(=O)c2cccc(S(=O)(=O)N3CCC[C@@H]3C)c2)cc1. The van der Waals surface area contributed by atoms with Gasteiger partial charge < -0.3 is 5.32 Å². The molecule has 1 fully saturated rings. The third kappa shape index (κ3) is 4.22. The molecule has 144 valence electrons. The highest BCUT2D eigenvalue weighted by molar-refractivity contribution is 7.89. The molecule has 6 heteroatoms. The van der Waals surface area contributed by atoms with Crippen LogP contribution in [0.1, 0.15) is 55.5 Å². The fourth-order valence-corrected chi connectivity index (χ4v) is 5.10. The monoisotopic (exact) mass is 386 g/mol. The molecule has 0 aliphatic carbocycles. The predicted octanol–water partition coefficient (Wildman–Crippen LogP) is 4.24. The summed E-state index contributed by atoms with van der Waals surface area (Å²) < 4.78 is 27.3. The van der Waals surface area contributed by atoms with Gasteiger partial charge in [-0.2, -0.15) is 4.31 Å². The van der Waals surface area contributed by atoms with E-state index in [4.69, 9.17) is 0 Å². The van der Waals surface area contributed by atoms with Gasteiger partial charge in [0, 0.05) is 23.8 Å². The molecule has 1 N–H and O–H groups in total. The summed E-state index contributed by atoms with van der Waals surface area (Å²) in [6, 6.07) is 13.9. The van der Waals surface area contributed by atoms with Crippen LogP contribution in [0.5, 0.6) is 0 Å². The zero-order chi connectivity index (χ0) is 19.6. The van der Waals surface area contributed by atoms with Crippen LogP contribution in [0.4, 0.5) is 5.69 Å². The van der Waals surface area contributed by atoms with E-state index in [1.165, 1.54) is 15.9 Å². The Bertz CT molecular complexity index is 921. The molecule has 1 heterocycles. The lowest BCUT2D eigenvalue weighted by Crippen LogP contribution is -2.33. The van der Waals surface area contributed by atoms with Gasteiger partial charge in [-0.3, -0.25) is 4.79 Å². The molecular weight excluding hydrogens is 360 g/mol. The molecule has 1 aliphatic heterocycles. The average Bonchev–Trinajstić information content (AvgIpc) is 3.09. The van der Waals surface area contributed by atoms with Crippen molar-refractivity contribution in [1.29, 1.82) is 0 Å². The summed E-state index contributed by atoms with van der Waals surface area (Å²) in [4.78, 5) is 12.7. The van der Waals surface area contributed by atoms with Crippen LogP contribution in [0.15, 0.2) is 53.4 Å². The number of carbonyl (C=O) groups excluding carboxylic acids is 1. The molecule has 0 radical (unpaired) electrons. The minimum Gasteiger partial charge on any atom is -0.322 e. The summed E-state index contributed by atoms with van der Waals surface area (Å²) >= 11 is 0. The summed E-state index contributed by atoms with van der Waals surface area (Å²) in [7, 11) is -3.58. The van der Waals surface area contributed by atoms with Gasteiger partial charge in [0.25, 0.3) is 5.91 Å². The lowest BCUT2D eigenvalue weighted by Gasteiger charge is -2.21. The van der Waals surface area contributed by atoms with Gasteiger partial charge >= 0.3 is 0 Å². The average molecular weight is 387 g/mol. The van der Waals surface area contributed by atoms with Gasteiger partial charge in [-0.15, -0.1) is 0 Å². The maximum absolute atomic E-state index is 12.9. The maximum Gasteiger partial charge on any atom is 0.255 e. The van der Waals surface area contributed by atoms with Crippen LogP contribution < -0.4 is 5.32 Å². The normalized spacial score (nSPS) is 18.0. The summed E-state index contributed by atoms with van der Waals surface area (Å²) in [5.74, 6) is 0.100. The van der Waals surface area contributed by atoms with Crippen LogP contribution in [0.3, 0.4) is 0 Å². The number of amides is 1. The summed E-state index contributed by atoms with van der Waals surface area (Å²) in [5, 5.41) is 2.83. The molecule has 27 heavy (non-hydrogen) atoms. The van der Waals surface area contributed by atoms with E-state index in [1.54, 1.807) is 18.2 Å². The zero-order valence-corrected chi connectivity index (χ0v) is 16.8. The molecule has 1 aliphatic rings. The first-order valence-corrected chi connectivity index (χ1v) is 10.8. The summed E-state index contributed by atoms with van der Waals surface area (Å²) in [6.45, 7) is 6.67.